The number of benzene rings is 1. The van der Waals surface area contributed by atoms with E-state index in [2.05, 4.69) is 5.32 Å². The van der Waals surface area contributed by atoms with Crippen LogP contribution >= 0.6 is 0 Å². The molecule has 4 heteroatoms. The number of nitrogens with one attached hydrogen (secondary N) is 1. The third-order valence-electron chi connectivity index (χ3n) is 3.42. The molecule has 0 bridgehead atoms. The summed E-state index contributed by atoms with van der Waals surface area (Å²) in [5.41, 5.74) is 0.539. The van der Waals surface area contributed by atoms with Crippen molar-refractivity contribution in [2.45, 2.75) is 38.7 Å². The molecule has 1 aromatic carbocycles. The van der Waals surface area contributed by atoms with E-state index in [1.165, 1.54) is 12.8 Å². The Morgan fingerprint density at radius 3 is 2.90 bits per heavy atom. The molecule has 2 N–H and O–H groups in total. The molecule has 1 aromatic rings. The first-order valence-corrected chi connectivity index (χ1v) is 7.38. The summed E-state index contributed by atoms with van der Waals surface area (Å²) in [7, 11) is 0. The fourth-order valence-electron chi connectivity index (χ4n) is 2.01. The third-order valence-corrected chi connectivity index (χ3v) is 3.42. The Morgan fingerprint density at radius 1 is 1.45 bits per heavy atom. The van der Waals surface area contributed by atoms with E-state index in [-0.39, 0.29) is 12.5 Å². The molecule has 0 aliphatic heterocycles. The van der Waals surface area contributed by atoms with Crippen LogP contribution in [0.4, 0.5) is 0 Å². The van der Waals surface area contributed by atoms with Gasteiger partial charge < -0.3 is 15.2 Å². The van der Waals surface area contributed by atoms with Crippen LogP contribution in [-0.4, -0.2) is 30.3 Å². The Kier molecular flexibility index (Phi) is 5.41. The van der Waals surface area contributed by atoms with E-state index in [1.807, 2.05) is 25.1 Å². The molecule has 1 amide bonds. The van der Waals surface area contributed by atoms with Crippen LogP contribution in [0.3, 0.4) is 0 Å². The van der Waals surface area contributed by atoms with Crippen LogP contribution in [0, 0.1) is 5.92 Å². The molecule has 4 nitrogen and oxygen atoms in total. The van der Waals surface area contributed by atoms with Gasteiger partial charge in [-0.15, -0.1) is 0 Å². The van der Waals surface area contributed by atoms with Crippen molar-refractivity contribution in [3.05, 3.63) is 29.8 Å². The van der Waals surface area contributed by atoms with Gasteiger partial charge in [0.25, 0.3) is 5.91 Å². The molecule has 0 radical (unpaired) electrons. The van der Waals surface area contributed by atoms with Crippen molar-refractivity contribution in [2.75, 3.05) is 13.2 Å². The van der Waals surface area contributed by atoms with Crippen LogP contribution < -0.4 is 10.1 Å². The summed E-state index contributed by atoms with van der Waals surface area (Å²) in [6.07, 6.45) is 3.55. The predicted molar refractivity (Wildman–Crippen MR) is 77.9 cm³/mol. The van der Waals surface area contributed by atoms with Crippen LogP contribution in [0.5, 0.6) is 5.75 Å². The van der Waals surface area contributed by atoms with Crippen LogP contribution in [0.25, 0.3) is 0 Å². The summed E-state index contributed by atoms with van der Waals surface area (Å²) < 4.78 is 5.71. The topological polar surface area (TPSA) is 58.6 Å². The smallest absolute Gasteiger partial charge is 0.255 e. The second-order valence-electron chi connectivity index (χ2n) is 5.40. The third kappa shape index (κ3) is 4.53. The largest absolute Gasteiger partial charge is 0.492 e. The minimum atomic E-state index is -0.483. The fraction of sp³-hybridized carbons (Fsp3) is 0.562. The lowest BCUT2D eigenvalue weighted by Gasteiger charge is -2.13. The van der Waals surface area contributed by atoms with Gasteiger partial charge in [0, 0.05) is 6.54 Å². The van der Waals surface area contributed by atoms with Gasteiger partial charge in [0.05, 0.1) is 18.3 Å². The molecule has 1 saturated carbocycles. The minimum Gasteiger partial charge on any atom is -0.492 e. The zero-order chi connectivity index (χ0) is 14.4. The number of para-hydroxylation sites is 1. The number of rotatable bonds is 8. The van der Waals surface area contributed by atoms with Gasteiger partial charge in [-0.2, -0.15) is 0 Å². The number of aliphatic hydroxyl groups is 1. The number of aliphatic hydroxyl groups excluding tert-OH is 1. The normalized spacial score (nSPS) is 15.7. The molecule has 1 fully saturated rings. The van der Waals surface area contributed by atoms with E-state index in [0.29, 0.717) is 30.3 Å². The molecule has 1 unspecified atom stereocenters. The number of amides is 1. The highest BCUT2D eigenvalue weighted by atomic mass is 16.5. The van der Waals surface area contributed by atoms with Crippen molar-refractivity contribution in [3.63, 3.8) is 0 Å². The molecule has 0 spiro atoms. The summed E-state index contributed by atoms with van der Waals surface area (Å²) in [5, 5.41) is 12.4. The Morgan fingerprint density at radius 2 is 2.20 bits per heavy atom. The maximum absolute atomic E-state index is 12.1. The number of hydrogen-bond donors (Lipinski definition) is 2. The summed E-state index contributed by atoms with van der Waals surface area (Å²) in [5.74, 6) is 1.09. The SMILES string of the molecule is CCCC(O)CNC(=O)c1ccccc1OCC1CC1. The first kappa shape index (κ1) is 14.9. The van der Waals surface area contributed by atoms with Gasteiger partial charge >= 0.3 is 0 Å². The molecule has 2 rings (SSSR count). The lowest BCUT2D eigenvalue weighted by atomic mass is 10.1. The van der Waals surface area contributed by atoms with Crippen molar-refractivity contribution >= 4 is 5.91 Å². The summed E-state index contributed by atoms with van der Waals surface area (Å²) in [6.45, 7) is 2.97. The highest BCUT2D eigenvalue weighted by Gasteiger charge is 2.23. The summed E-state index contributed by atoms with van der Waals surface area (Å²) >= 11 is 0. The van der Waals surface area contributed by atoms with Gasteiger partial charge in [0.2, 0.25) is 0 Å². The van der Waals surface area contributed by atoms with Gasteiger partial charge in [0.15, 0.2) is 0 Å². The zero-order valence-corrected chi connectivity index (χ0v) is 12.0. The first-order valence-electron chi connectivity index (χ1n) is 7.38. The number of hydrogen-bond acceptors (Lipinski definition) is 3. The quantitative estimate of drug-likeness (QED) is 0.767. The van der Waals surface area contributed by atoms with Crippen LogP contribution in [-0.2, 0) is 0 Å². The van der Waals surface area contributed by atoms with E-state index in [0.717, 1.165) is 6.42 Å². The summed E-state index contributed by atoms with van der Waals surface area (Å²) in [4.78, 5) is 12.1. The molecule has 0 heterocycles. The van der Waals surface area contributed by atoms with Gasteiger partial charge in [-0.1, -0.05) is 25.5 Å². The molecule has 1 atom stereocenters. The molecular formula is C16H23NO3. The van der Waals surface area contributed by atoms with E-state index < -0.39 is 6.10 Å². The molecule has 0 aromatic heterocycles. The average molecular weight is 277 g/mol. The molecule has 1 aliphatic rings. The van der Waals surface area contributed by atoms with Gasteiger partial charge in [-0.3, -0.25) is 4.79 Å². The highest BCUT2D eigenvalue weighted by Crippen LogP contribution is 2.30. The van der Waals surface area contributed by atoms with Crippen LogP contribution in [0.2, 0.25) is 0 Å². The first-order chi connectivity index (χ1) is 9.70. The van der Waals surface area contributed by atoms with Crippen molar-refractivity contribution in [1.82, 2.24) is 5.32 Å². The van der Waals surface area contributed by atoms with E-state index in [4.69, 9.17) is 4.74 Å². The number of ether oxygens (including phenoxy) is 1. The second-order valence-corrected chi connectivity index (χ2v) is 5.40. The molecular weight excluding hydrogens is 254 g/mol. The fourth-order valence-corrected chi connectivity index (χ4v) is 2.01. The Labute approximate surface area is 120 Å². The number of carbonyl (C=O) groups is 1. The lowest BCUT2D eigenvalue weighted by molar-refractivity contribution is 0.0906. The van der Waals surface area contributed by atoms with Gasteiger partial charge in [-0.05, 0) is 37.3 Å². The molecule has 0 saturated heterocycles. The monoisotopic (exact) mass is 277 g/mol. The van der Waals surface area contributed by atoms with Gasteiger partial charge in [0.1, 0.15) is 5.75 Å². The van der Waals surface area contributed by atoms with Crippen molar-refractivity contribution < 1.29 is 14.6 Å². The maximum Gasteiger partial charge on any atom is 0.255 e. The Hall–Kier alpha value is -1.55. The standard InChI is InChI=1S/C16H23NO3/c1-2-5-13(18)10-17-16(19)14-6-3-4-7-15(14)20-11-12-8-9-12/h3-4,6-7,12-13,18H,2,5,8-11H2,1H3,(H,17,19). The van der Waals surface area contributed by atoms with Crippen molar-refractivity contribution in [2.24, 2.45) is 5.92 Å². The molecule has 110 valence electrons. The lowest BCUT2D eigenvalue weighted by Crippen LogP contribution is -2.32. The number of carbonyl (C=O) groups excluding carboxylic acids is 1. The van der Waals surface area contributed by atoms with E-state index in [1.54, 1.807) is 6.07 Å². The van der Waals surface area contributed by atoms with Crippen LogP contribution in [0.15, 0.2) is 24.3 Å². The van der Waals surface area contributed by atoms with Crippen LogP contribution in [0.1, 0.15) is 43.0 Å². The van der Waals surface area contributed by atoms with E-state index in [9.17, 15) is 9.90 Å². The second kappa shape index (κ2) is 7.29. The minimum absolute atomic E-state index is 0.188. The van der Waals surface area contributed by atoms with Crippen molar-refractivity contribution in [3.8, 4) is 5.75 Å². The highest BCUT2D eigenvalue weighted by molar-refractivity contribution is 5.96. The van der Waals surface area contributed by atoms with Crippen molar-refractivity contribution in [1.29, 1.82) is 0 Å². The molecule has 20 heavy (non-hydrogen) atoms. The Balaban J connectivity index is 1.90. The maximum atomic E-state index is 12.1. The Bertz CT molecular complexity index is 443. The zero-order valence-electron chi connectivity index (χ0n) is 12.0. The molecule has 1 aliphatic carbocycles. The predicted octanol–water partition coefficient (Wildman–Crippen LogP) is 2.37. The van der Waals surface area contributed by atoms with E-state index >= 15 is 0 Å². The summed E-state index contributed by atoms with van der Waals surface area (Å²) in [6, 6.07) is 7.26. The van der Waals surface area contributed by atoms with Gasteiger partial charge in [-0.25, -0.2) is 0 Å². The average Bonchev–Trinajstić information content (AvgIpc) is 3.27.